The smallest absolute Gasteiger partial charge is 0.250 e. The maximum atomic E-state index is 12.2. The van der Waals surface area contributed by atoms with E-state index in [4.69, 9.17) is 11.5 Å². The number of para-hydroxylation sites is 1. The molecule has 2 amide bonds. The van der Waals surface area contributed by atoms with Crippen molar-refractivity contribution in [1.29, 1.82) is 0 Å². The van der Waals surface area contributed by atoms with Crippen molar-refractivity contribution in [3.05, 3.63) is 29.8 Å². The number of primary amides is 1. The Morgan fingerprint density at radius 3 is 2.68 bits per heavy atom. The summed E-state index contributed by atoms with van der Waals surface area (Å²) in [4.78, 5) is 23.5. The Balaban J connectivity index is 2.13. The third-order valence-electron chi connectivity index (χ3n) is 3.75. The van der Waals surface area contributed by atoms with Crippen LogP contribution in [0, 0.1) is 11.8 Å². The Morgan fingerprint density at radius 1 is 1.26 bits per heavy atom. The molecular formula is C14H19N3O2. The zero-order valence-corrected chi connectivity index (χ0v) is 10.8. The fourth-order valence-electron chi connectivity index (χ4n) is 2.70. The van der Waals surface area contributed by atoms with Gasteiger partial charge in [-0.1, -0.05) is 18.6 Å². The predicted octanol–water partition coefficient (Wildman–Crippen LogP) is 1.10. The first-order valence-corrected chi connectivity index (χ1v) is 6.53. The van der Waals surface area contributed by atoms with Crippen LogP contribution in [0.5, 0.6) is 0 Å². The summed E-state index contributed by atoms with van der Waals surface area (Å²) in [5.74, 6) is -0.439. The highest BCUT2D eigenvalue weighted by atomic mass is 16.2. The molecule has 5 N–H and O–H groups in total. The summed E-state index contributed by atoms with van der Waals surface area (Å²) in [5, 5.41) is 2.80. The van der Waals surface area contributed by atoms with E-state index >= 15 is 0 Å². The summed E-state index contributed by atoms with van der Waals surface area (Å²) in [6, 6.07) is 6.77. The molecule has 0 bridgehead atoms. The Hall–Kier alpha value is -1.88. The molecule has 5 heteroatoms. The van der Waals surface area contributed by atoms with Gasteiger partial charge < -0.3 is 16.8 Å². The lowest BCUT2D eigenvalue weighted by molar-refractivity contribution is -0.120. The summed E-state index contributed by atoms with van der Waals surface area (Å²) in [5.41, 5.74) is 11.8. The standard InChI is InChI=1S/C14H19N3O2/c15-8-9-4-3-6-10(9)14(19)17-12-7-2-1-5-11(12)13(16)18/h1-2,5,7,9-10H,3-4,6,8,15H2,(H2,16,18)(H,17,19)/t9-,10-/m1/s1. The highest BCUT2D eigenvalue weighted by Crippen LogP contribution is 2.32. The molecule has 0 spiro atoms. The van der Waals surface area contributed by atoms with Crippen molar-refractivity contribution < 1.29 is 9.59 Å². The second kappa shape index (κ2) is 5.84. The van der Waals surface area contributed by atoms with Gasteiger partial charge in [-0.2, -0.15) is 0 Å². The number of benzene rings is 1. The van der Waals surface area contributed by atoms with Crippen LogP contribution in [-0.4, -0.2) is 18.4 Å². The van der Waals surface area contributed by atoms with E-state index in [1.807, 2.05) is 0 Å². The Labute approximate surface area is 112 Å². The number of nitrogens with one attached hydrogen (secondary N) is 1. The van der Waals surface area contributed by atoms with Crippen molar-refractivity contribution in [2.75, 3.05) is 11.9 Å². The summed E-state index contributed by atoms with van der Waals surface area (Å²) in [7, 11) is 0. The molecule has 0 aromatic heterocycles. The van der Waals surface area contributed by atoms with Gasteiger partial charge >= 0.3 is 0 Å². The Bertz CT molecular complexity index is 487. The Morgan fingerprint density at radius 2 is 2.00 bits per heavy atom. The van der Waals surface area contributed by atoms with Gasteiger partial charge in [0.1, 0.15) is 0 Å². The zero-order chi connectivity index (χ0) is 13.8. The molecule has 0 unspecified atom stereocenters. The molecule has 2 rings (SSSR count). The maximum Gasteiger partial charge on any atom is 0.250 e. The third kappa shape index (κ3) is 2.93. The van der Waals surface area contributed by atoms with Gasteiger partial charge in [0.25, 0.3) is 5.91 Å². The number of carbonyl (C=O) groups excluding carboxylic acids is 2. The van der Waals surface area contributed by atoms with E-state index in [9.17, 15) is 9.59 Å². The molecule has 0 saturated heterocycles. The summed E-state index contributed by atoms with van der Waals surface area (Å²) in [6.45, 7) is 0.523. The largest absolute Gasteiger partial charge is 0.366 e. The van der Waals surface area contributed by atoms with Crippen LogP contribution in [0.3, 0.4) is 0 Å². The van der Waals surface area contributed by atoms with E-state index in [2.05, 4.69) is 5.32 Å². The predicted molar refractivity (Wildman–Crippen MR) is 73.5 cm³/mol. The van der Waals surface area contributed by atoms with E-state index in [1.54, 1.807) is 24.3 Å². The zero-order valence-electron chi connectivity index (χ0n) is 10.8. The average molecular weight is 261 g/mol. The number of amides is 2. The first kappa shape index (κ1) is 13.5. The van der Waals surface area contributed by atoms with Crippen molar-refractivity contribution in [3.63, 3.8) is 0 Å². The van der Waals surface area contributed by atoms with Crippen LogP contribution >= 0.6 is 0 Å². The molecule has 1 fully saturated rings. The quantitative estimate of drug-likeness (QED) is 0.756. The van der Waals surface area contributed by atoms with Crippen molar-refractivity contribution >= 4 is 17.5 Å². The second-order valence-electron chi connectivity index (χ2n) is 4.93. The van der Waals surface area contributed by atoms with Crippen LogP contribution in [-0.2, 0) is 4.79 Å². The van der Waals surface area contributed by atoms with Gasteiger partial charge in [-0.25, -0.2) is 0 Å². The molecule has 1 aromatic carbocycles. The van der Waals surface area contributed by atoms with Crippen LogP contribution in [0.25, 0.3) is 0 Å². The fraction of sp³-hybridized carbons (Fsp3) is 0.429. The first-order valence-electron chi connectivity index (χ1n) is 6.53. The van der Waals surface area contributed by atoms with Gasteiger partial charge in [0.15, 0.2) is 0 Å². The highest BCUT2D eigenvalue weighted by Gasteiger charge is 2.32. The molecule has 2 atom stereocenters. The van der Waals surface area contributed by atoms with Crippen molar-refractivity contribution in [3.8, 4) is 0 Å². The van der Waals surface area contributed by atoms with E-state index in [0.717, 1.165) is 19.3 Å². The van der Waals surface area contributed by atoms with Crippen molar-refractivity contribution in [1.82, 2.24) is 0 Å². The molecule has 0 aliphatic heterocycles. The van der Waals surface area contributed by atoms with Crippen LogP contribution in [0.1, 0.15) is 29.6 Å². The molecular weight excluding hydrogens is 242 g/mol. The number of anilines is 1. The normalized spacial score (nSPS) is 22.2. The SMILES string of the molecule is NC[C@H]1CCC[C@H]1C(=O)Nc1ccccc1C(N)=O. The number of carbonyl (C=O) groups is 2. The number of nitrogens with two attached hydrogens (primary N) is 2. The molecule has 0 heterocycles. The molecule has 102 valence electrons. The van der Waals surface area contributed by atoms with E-state index in [-0.39, 0.29) is 17.7 Å². The van der Waals surface area contributed by atoms with Gasteiger partial charge in [0, 0.05) is 5.92 Å². The van der Waals surface area contributed by atoms with Gasteiger partial charge in [-0.3, -0.25) is 9.59 Å². The molecule has 0 radical (unpaired) electrons. The molecule has 1 aliphatic carbocycles. The summed E-state index contributed by atoms with van der Waals surface area (Å²) in [6.07, 6.45) is 2.87. The van der Waals surface area contributed by atoms with E-state index in [0.29, 0.717) is 17.8 Å². The molecule has 1 saturated carbocycles. The number of hydrogen-bond acceptors (Lipinski definition) is 3. The molecule has 1 aromatic rings. The van der Waals surface area contributed by atoms with Gasteiger partial charge in [0.05, 0.1) is 11.3 Å². The van der Waals surface area contributed by atoms with E-state index < -0.39 is 5.91 Å². The van der Waals surface area contributed by atoms with Crippen molar-refractivity contribution in [2.45, 2.75) is 19.3 Å². The Kier molecular flexibility index (Phi) is 4.16. The average Bonchev–Trinajstić information content (AvgIpc) is 2.87. The van der Waals surface area contributed by atoms with Crippen LogP contribution in [0.4, 0.5) is 5.69 Å². The van der Waals surface area contributed by atoms with Crippen LogP contribution in [0.15, 0.2) is 24.3 Å². The second-order valence-corrected chi connectivity index (χ2v) is 4.93. The molecule has 1 aliphatic rings. The first-order chi connectivity index (χ1) is 9.13. The number of hydrogen-bond donors (Lipinski definition) is 3. The maximum absolute atomic E-state index is 12.2. The minimum absolute atomic E-state index is 0.0640. The molecule has 19 heavy (non-hydrogen) atoms. The lowest BCUT2D eigenvalue weighted by Gasteiger charge is -2.18. The minimum Gasteiger partial charge on any atom is -0.366 e. The van der Waals surface area contributed by atoms with Gasteiger partial charge in [0.2, 0.25) is 5.91 Å². The van der Waals surface area contributed by atoms with E-state index in [1.165, 1.54) is 0 Å². The van der Waals surface area contributed by atoms with Gasteiger partial charge in [-0.05, 0) is 37.4 Å². The summed E-state index contributed by atoms with van der Waals surface area (Å²) >= 11 is 0. The highest BCUT2D eigenvalue weighted by molar-refractivity contribution is 6.03. The lowest BCUT2D eigenvalue weighted by atomic mass is 9.95. The topological polar surface area (TPSA) is 98.2 Å². The minimum atomic E-state index is -0.544. The fourth-order valence-corrected chi connectivity index (χ4v) is 2.70. The molecule has 5 nitrogen and oxygen atoms in total. The van der Waals surface area contributed by atoms with Crippen LogP contribution in [0.2, 0.25) is 0 Å². The third-order valence-corrected chi connectivity index (χ3v) is 3.75. The van der Waals surface area contributed by atoms with Crippen LogP contribution < -0.4 is 16.8 Å². The van der Waals surface area contributed by atoms with Gasteiger partial charge in [-0.15, -0.1) is 0 Å². The number of rotatable bonds is 4. The summed E-state index contributed by atoms with van der Waals surface area (Å²) < 4.78 is 0. The monoisotopic (exact) mass is 261 g/mol. The lowest BCUT2D eigenvalue weighted by Crippen LogP contribution is -2.30. The van der Waals surface area contributed by atoms with Crippen molar-refractivity contribution in [2.24, 2.45) is 23.3 Å².